The lowest BCUT2D eigenvalue weighted by Crippen LogP contribution is -2.13. The molecular formula is C12H8BO2. The van der Waals surface area contributed by atoms with Gasteiger partial charge >= 0.3 is 7.48 Å². The first kappa shape index (κ1) is 8.56. The molecule has 0 amide bonds. The highest BCUT2D eigenvalue weighted by Gasteiger charge is 2.09. The average molecular weight is 195 g/mol. The van der Waals surface area contributed by atoms with Gasteiger partial charge in [0.25, 0.3) is 0 Å². The molecule has 1 heterocycles. The number of fused-ring (bicyclic) bond motifs is 3. The van der Waals surface area contributed by atoms with Crippen LogP contribution < -0.4 is 5.46 Å². The predicted molar refractivity (Wildman–Crippen MR) is 61.3 cm³/mol. The van der Waals surface area contributed by atoms with Gasteiger partial charge in [0.1, 0.15) is 11.2 Å². The highest BCUT2D eigenvalue weighted by Crippen LogP contribution is 2.26. The van der Waals surface area contributed by atoms with Crippen LogP contribution >= 0.6 is 0 Å². The molecule has 1 aromatic heterocycles. The largest absolute Gasteiger partial charge is 0.456 e. The molecule has 0 aliphatic heterocycles. The molecule has 3 heteroatoms. The average Bonchev–Trinajstić information content (AvgIpc) is 2.67. The van der Waals surface area contributed by atoms with E-state index in [2.05, 4.69) is 0 Å². The number of hydrogen-bond acceptors (Lipinski definition) is 2. The maximum atomic E-state index is 9.15. The SMILES string of the molecule is O[B]c1cccc2oc3ccccc3c12. The third-order valence-electron chi connectivity index (χ3n) is 2.57. The first-order valence-electron chi connectivity index (χ1n) is 4.78. The van der Waals surface area contributed by atoms with Crippen molar-refractivity contribution in [2.24, 2.45) is 0 Å². The summed E-state index contributed by atoms with van der Waals surface area (Å²) in [5.41, 5.74) is 2.44. The zero-order valence-electron chi connectivity index (χ0n) is 7.97. The Bertz CT molecular complexity index is 628. The summed E-state index contributed by atoms with van der Waals surface area (Å²) in [5, 5.41) is 11.2. The first-order chi connectivity index (χ1) is 7.40. The van der Waals surface area contributed by atoms with E-state index in [4.69, 9.17) is 9.44 Å². The highest BCUT2D eigenvalue weighted by molar-refractivity contribution is 6.51. The molecule has 2 aromatic carbocycles. The van der Waals surface area contributed by atoms with Crippen LogP contribution in [0, 0.1) is 0 Å². The summed E-state index contributed by atoms with van der Waals surface area (Å²) >= 11 is 0. The monoisotopic (exact) mass is 195 g/mol. The van der Waals surface area contributed by atoms with Gasteiger partial charge in [-0.05, 0) is 17.6 Å². The van der Waals surface area contributed by atoms with E-state index in [-0.39, 0.29) is 0 Å². The summed E-state index contributed by atoms with van der Waals surface area (Å²) in [6.45, 7) is 0. The van der Waals surface area contributed by atoms with Crippen LogP contribution in [-0.4, -0.2) is 12.5 Å². The molecular weight excluding hydrogens is 187 g/mol. The van der Waals surface area contributed by atoms with Gasteiger partial charge in [-0.1, -0.05) is 30.3 Å². The van der Waals surface area contributed by atoms with E-state index in [0.29, 0.717) is 0 Å². The summed E-state index contributed by atoms with van der Waals surface area (Å²) in [6.07, 6.45) is 0. The molecule has 3 rings (SSSR count). The van der Waals surface area contributed by atoms with Crippen LogP contribution in [0.2, 0.25) is 0 Å². The Balaban J connectivity index is 2.56. The Morgan fingerprint density at radius 3 is 2.60 bits per heavy atom. The lowest BCUT2D eigenvalue weighted by atomic mass is 9.85. The minimum atomic E-state index is 0.789. The molecule has 0 aliphatic carbocycles. The lowest BCUT2D eigenvalue weighted by molar-refractivity contribution is 0.615. The summed E-state index contributed by atoms with van der Waals surface area (Å²) in [5.74, 6) is 0. The van der Waals surface area contributed by atoms with E-state index in [0.717, 1.165) is 34.9 Å². The molecule has 0 fully saturated rings. The van der Waals surface area contributed by atoms with Crippen LogP contribution in [0.4, 0.5) is 0 Å². The zero-order chi connectivity index (χ0) is 10.3. The molecule has 0 bridgehead atoms. The number of hydrogen-bond donors (Lipinski definition) is 1. The topological polar surface area (TPSA) is 33.4 Å². The van der Waals surface area contributed by atoms with Crippen LogP contribution in [0.3, 0.4) is 0 Å². The molecule has 0 unspecified atom stereocenters. The second-order valence-corrected chi connectivity index (χ2v) is 3.45. The Hall–Kier alpha value is -1.74. The van der Waals surface area contributed by atoms with Gasteiger partial charge in [-0.15, -0.1) is 0 Å². The molecule has 3 aromatic rings. The fraction of sp³-hybridized carbons (Fsp3) is 0. The van der Waals surface area contributed by atoms with Gasteiger partial charge < -0.3 is 9.44 Å². The third-order valence-corrected chi connectivity index (χ3v) is 2.57. The van der Waals surface area contributed by atoms with Gasteiger partial charge in [0, 0.05) is 10.8 Å². The second kappa shape index (κ2) is 3.14. The van der Waals surface area contributed by atoms with Crippen molar-refractivity contribution in [1.29, 1.82) is 0 Å². The Morgan fingerprint density at radius 2 is 1.73 bits per heavy atom. The van der Waals surface area contributed by atoms with E-state index >= 15 is 0 Å². The predicted octanol–water partition coefficient (Wildman–Crippen LogP) is 1.82. The molecule has 71 valence electrons. The molecule has 1 N–H and O–H groups in total. The third kappa shape index (κ3) is 1.17. The Morgan fingerprint density at radius 1 is 0.933 bits per heavy atom. The standard InChI is InChI=1S/C12H8BO2/c14-13-9-5-3-7-11-12(9)8-4-1-2-6-10(8)15-11/h1-7,14H. The van der Waals surface area contributed by atoms with Gasteiger partial charge in [0.2, 0.25) is 0 Å². The first-order valence-corrected chi connectivity index (χ1v) is 4.78. The smallest absolute Gasteiger partial charge is 0.327 e. The maximum absolute atomic E-state index is 9.15. The van der Waals surface area contributed by atoms with E-state index < -0.39 is 0 Å². The van der Waals surface area contributed by atoms with Crippen molar-refractivity contribution < 1.29 is 9.44 Å². The molecule has 2 nitrogen and oxygen atoms in total. The number of benzene rings is 2. The molecule has 0 aliphatic rings. The van der Waals surface area contributed by atoms with Crippen LogP contribution in [0.5, 0.6) is 0 Å². The quantitative estimate of drug-likeness (QED) is 0.600. The number of furan rings is 1. The van der Waals surface area contributed by atoms with Gasteiger partial charge in [-0.3, -0.25) is 0 Å². The summed E-state index contributed by atoms with van der Waals surface area (Å²) < 4.78 is 5.66. The van der Waals surface area contributed by atoms with Crippen LogP contribution in [0.1, 0.15) is 0 Å². The fourth-order valence-electron chi connectivity index (χ4n) is 1.91. The Labute approximate surface area is 87.4 Å². The molecule has 1 radical (unpaired) electrons. The highest BCUT2D eigenvalue weighted by atomic mass is 16.3. The van der Waals surface area contributed by atoms with Crippen molar-refractivity contribution in [3.05, 3.63) is 42.5 Å². The van der Waals surface area contributed by atoms with Crippen LogP contribution in [-0.2, 0) is 0 Å². The maximum Gasteiger partial charge on any atom is 0.327 e. The Kier molecular flexibility index (Phi) is 1.79. The normalized spacial score (nSPS) is 11.0. The molecule has 0 atom stereocenters. The van der Waals surface area contributed by atoms with Crippen LogP contribution in [0.15, 0.2) is 46.9 Å². The molecule has 0 saturated carbocycles. The second-order valence-electron chi connectivity index (χ2n) is 3.45. The summed E-state index contributed by atoms with van der Waals surface area (Å²) in [6, 6.07) is 13.5. The molecule has 15 heavy (non-hydrogen) atoms. The zero-order valence-corrected chi connectivity index (χ0v) is 7.97. The van der Waals surface area contributed by atoms with Crippen molar-refractivity contribution in [1.82, 2.24) is 0 Å². The summed E-state index contributed by atoms with van der Waals surface area (Å²) in [7, 11) is 1.12. The lowest BCUT2D eigenvalue weighted by Gasteiger charge is -1.95. The van der Waals surface area contributed by atoms with E-state index in [1.807, 2.05) is 42.5 Å². The van der Waals surface area contributed by atoms with E-state index in [9.17, 15) is 0 Å². The van der Waals surface area contributed by atoms with Gasteiger partial charge in [0.15, 0.2) is 0 Å². The van der Waals surface area contributed by atoms with Crippen molar-refractivity contribution in [2.75, 3.05) is 0 Å². The van der Waals surface area contributed by atoms with E-state index in [1.54, 1.807) is 0 Å². The van der Waals surface area contributed by atoms with Crippen molar-refractivity contribution in [2.45, 2.75) is 0 Å². The van der Waals surface area contributed by atoms with Crippen LogP contribution in [0.25, 0.3) is 21.9 Å². The van der Waals surface area contributed by atoms with Gasteiger partial charge in [0.05, 0.1) is 0 Å². The molecule has 0 saturated heterocycles. The molecule has 0 spiro atoms. The van der Waals surface area contributed by atoms with Crippen molar-refractivity contribution in [3.63, 3.8) is 0 Å². The minimum Gasteiger partial charge on any atom is -0.456 e. The fourth-order valence-corrected chi connectivity index (χ4v) is 1.91. The van der Waals surface area contributed by atoms with Crippen molar-refractivity contribution >= 4 is 34.9 Å². The number of rotatable bonds is 1. The van der Waals surface area contributed by atoms with Gasteiger partial charge in [-0.2, -0.15) is 0 Å². The number of para-hydroxylation sites is 1. The van der Waals surface area contributed by atoms with Gasteiger partial charge in [-0.25, -0.2) is 0 Å². The van der Waals surface area contributed by atoms with E-state index in [1.165, 1.54) is 0 Å². The minimum absolute atomic E-state index is 0.789. The summed E-state index contributed by atoms with van der Waals surface area (Å²) in [4.78, 5) is 0. The van der Waals surface area contributed by atoms with Crippen molar-refractivity contribution in [3.8, 4) is 0 Å².